The zero-order chi connectivity index (χ0) is 12.7. The van der Waals surface area contributed by atoms with E-state index in [1.807, 2.05) is 6.92 Å². The Labute approximate surface area is 100.0 Å². The van der Waals surface area contributed by atoms with Crippen LogP contribution in [0.15, 0.2) is 0 Å². The number of aliphatic hydroxyl groups is 1. The van der Waals surface area contributed by atoms with Gasteiger partial charge in [0.25, 0.3) is 0 Å². The number of hydrogen-bond donors (Lipinski definition) is 4. The standard InChI is InChI=1S/C12H29N3O/c1-5-11(2,3)12(4,16)10-15-9-8-14-7-6-13/h14-16H,5-10,13H2,1-4H3. The van der Waals surface area contributed by atoms with Gasteiger partial charge in [-0.3, -0.25) is 0 Å². The van der Waals surface area contributed by atoms with Gasteiger partial charge in [-0.25, -0.2) is 0 Å². The Morgan fingerprint density at radius 1 is 1.06 bits per heavy atom. The molecule has 0 aromatic heterocycles. The topological polar surface area (TPSA) is 70.3 Å². The molecule has 0 rings (SSSR count). The van der Waals surface area contributed by atoms with E-state index in [1.165, 1.54) is 0 Å². The second kappa shape index (κ2) is 7.22. The minimum atomic E-state index is -0.671. The van der Waals surface area contributed by atoms with Crippen molar-refractivity contribution in [2.75, 3.05) is 32.7 Å². The lowest BCUT2D eigenvalue weighted by molar-refractivity contribution is -0.0511. The van der Waals surface area contributed by atoms with Crippen molar-refractivity contribution in [1.82, 2.24) is 10.6 Å². The van der Waals surface area contributed by atoms with Gasteiger partial charge >= 0.3 is 0 Å². The third kappa shape index (κ3) is 5.25. The van der Waals surface area contributed by atoms with Crippen LogP contribution in [0.5, 0.6) is 0 Å². The first-order chi connectivity index (χ1) is 7.37. The summed E-state index contributed by atoms with van der Waals surface area (Å²) in [7, 11) is 0. The minimum Gasteiger partial charge on any atom is -0.388 e. The molecule has 4 heteroatoms. The van der Waals surface area contributed by atoms with Crippen LogP contribution in [0.25, 0.3) is 0 Å². The Hall–Kier alpha value is -0.160. The molecule has 0 saturated heterocycles. The maximum atomic E-state index is 10.3. The first kappa shape index (κ1) is 15.8. The molecule has 1 atom stereocenters. The van der Waals surface area contributed by atoms with Gasteiger partial charge in [-0.1, -0.05) is 20.8 Å². The van der Waals surface area contributed by atoms with Crippen LogP contribution >= 0.6 is 0 Å². The van der Waals surface area contributed by atoms with Crippen molar-refractivity contribution in [3.8, 4) is 0 Å². The van der Waals surface area contributed by atoms with Crippen LogP contribution in [-0.2, 0) is 0 Å². The number of nitrogens with one attached hydrogen (secondary N) is 2. The second-order valence-electron chi connectivity index (χ2n) is 5.23. The number of hydrogen-bond acceptors (Lipinski definition) is 4. The van der Waals surface area contributed by atoms with Crippen molar-refractivity contribution >= 4 is 0 Å². The fraction of sp³-hybridized carbons (Fsp3) is 1.00. The zero-order valence-electron chi connectivity index (χ0n) is 11.3. The van der Waals surface area contributed by atoms with Crippen LogP contribution in [0.1, 0.15) is 34.1 Å². The first-order valence-corrected chi connectivity index (χ1v) is 6.21. The lowest BCUT2D eigenvalue weighted by Crippen LogP contribution is -2.50. The van der Waals surface area contributed by atoms with Crippen molar-refractivity contribution in [2.45, 2.75) is 39.7 Å². The van der Waals surface area contributed by atoms with E-state index in [0.29, 0.717) is 13.1 Å². The fourth-order valence-corrected chi connectivity index (χ4v) is 1.36. The molecule has 5 N–H and O–H groups in total. The molecule has 0 saturated carbocycles. The number of rotatable bonds is 9. The third-order valence-electron chi connectivity index (χ3n) is 3.61. The molecule has 0 heterocycles. The van der Waals surface area contributed by atoms with Gasteiger partial charge in [0.2, 0.25) is 0 Å². The van der Waals surface area contributed by atoms with Gasteiger partial charge in [0.05, 0.1) is 5.60 Å². The Bertz CT molecular complexity index is 181. The van der Waals surface area contributed by atoms with E-state index in [-0.39, 0.29) is 5.41 Å². The van der Waals surface area contributed by atoms with Gasteiger partial charge < -0.3 is 21.5 Å². The molecule has 16 heavy (non-hydrogen) atoms. The Balaban J connectivity index is 3.74. The molecular formula is C12H29N3O. The predicted molar refractivity (Wildman–Crippen MR) is 69.5 cm³/mol. The van der Waals surface area contributed by atoms with Crippen molar-refractivity contribution < 1.29 is 5.11 Å². The summed E-state index contributed by atoms with van der Waals surface area (Å²) in [5.74, 6) is 0. The summed E-state index contributed by atoms with van der Waals surface area (Å²) >= 11 is 0. The molecule has 0 fully saturated rings. The number of nitrogens with two attached hydrogens (primary N) is 1. The van der Waals surface area contributed by atoms with Gasteiger partial charge in [-0.05, 0) is 18.8 Å². The molecule has 0 radical (unpaired) electrons. The van der Waals surface area contributed by atoms with Gasteiger partial charge in [-0.2, -0.15) is 0 Å². The molecule has 0 aliphatic carbocycles. The van der Waals surface area contributed by atoms with E-state index >= 15 is 0 Å². The summed E-state index contributed by atoms with van der Waals surface area (Å²) < 4.78 is 0. The van der Waals surface area contributed by atoms with Crippen LogP contribution in [-0.4, -0.2) is 43.4 Å². The predicted octanol–water partition coefficient (Wildman–Crippen LogP) is 0.312. The largest absolute Gasteiger partial charge is 0.388 e. The van der Waals surface area contributed by atoms with Crippen molar-refractivity contribution in [3.63, 3.8) is 0 Å². The van der Waals surface area contributed by atoms with Crippen molar-refractivity contribution in [1.29, 1.82) is 0 Å². The maximum absolute atomic E-state index is 10.3. The quantitative estimate of drug-likeness (QED) is 0.431. The summed E-state index contributed by atoms with van der Waals surface area (Å²) in [6, 6.07) is 0. The van der Waals surface area contributed by atoms with E-state index in [2.05, 4.69) is 31.4 Å². The molecule has 0 aromatic rings. The van der Waals surface area contributed by atoms with Crippen LogP contribution in [0.4, 0.5) is 0 Å². The van der Waals surface area contributed by atoms with Crippen molar-refractivity contribution in [2.24, 2.45) is 11.1 Å². The molecule has 0 aliphatic rings. The lowest BCUT2D eigenvalue weighted by Gasteiger charge is -2.39. The molecule has 0 spiro atoms. The molecule has 0 aliphatic heterocycles. The molecule has 0 bridgehead atoms. The maximum Gasteiger partial charge on any atom is 0.0794 e. The van der Waals surface area contributed by atoms with Crippen LogP contribution in [0.2, 0.25) is 0 Å². The molecule has 1 unspecified atom stereocenters. The first-order valence-electron chi connectivity index (χ1n) is 6.21. The highest BCUT2D eigenvalue weighted by molar-refractivity contribution is 4.90. The lowest BCUT2D eigenvalue weighted by atomic mass is 9.74. The summed E-state index contributed by atoms with van der Waals surface area (Å²) in [5, 5.41) is 16.8. The Kier molecular flexibility index (Phi) is 7.15. The van der Waals surface area contributed by atoms with Gasteiger partial charge in [-0.15, -0.1) is 0 Å². The van der Waals surface area contributed by atoms with Crippen LogP contribution < -0.4 is 16.4 Å². The Morgan fingerprint density at radius 2 is 1.62 bits per heavy atom. The SMILES string of the molecule is CCC(C)(C)C(C)(O)CNCCNCCN. The molecule has 98 valence electrons. The van der Waals surface area contributed by atoms with E-state index < -0.39 is 5.60 Å². The summed E-state index contributed by atoms with van der Waals surface area (Å²) in [6.45, 7) is 12.1. The highest BCUT2D eigenvalue weighted by Crippen LogP contribution is 2.33. The van der Waals surface area contributed by atoms with Crippen LogP contribution in [0.3, 0.4) is 0 Å². The van der Waals surface area contributed by atoms with E-state index in [0.717, 1.165) is 26.1 Å². The second-order valence-corrected chi connectivity index (χ2v) is 5.23. The van der Waals surface area contributed by atoms with Gasteiger partial charge in [0.1, 0.15) is 0 Å². The smallest absolute Gasteiger partial charge is 0.0794 e. The minimum absolute atomic E-state index is 0.0648. The van der Waals surface area contributed by atoms with E-state index in [1.54, 1.807) is 0 Å². The normalized spacial score (nSPS) is 16.1. The summed E-state index contributed by atoms with van der Waals surface area (Å²) in [5.41, 5.74) is 4.63. The zero-order valence-corrected chi connectivity index (χ0v) is 11.3. The highest BCUT2D eigenvalue weighted by Gasteiger charge is 2.37. The van der Waals surface area contributed by atoms with Crippen LogP contribution in [0, 0.1) is 5.41 Å². The average Bonchev–Trinajstić information content (AvgIpc) is 2.23. The van der Waals surface area contributed by atoms with E-state index in [9.17, 15) is 5.11 Å². The summed E-state index contributed by atoms with van der Waals surface area (Å²) in [6.07, 6.45) is 0.965. The van der Waals surface area contributed by atoms with E-state index in [4.69, 9.17) is 5.73 Å². The highest BCUT2D eigenvalue weighted by atomic mass is 16.3. The summed E-state index contributed by atoms with van der Waals surface area (Å²) in [4.78, 5) is 0. The molecule has 0 aromatic carbocycles. The monoisotopic (exact) mass is 231 g/mol. The molecule has 4 nitrogen and oxygen atoms in total. The van der Waals surface area contributed by atoms with Crippen molar-refractivity contribution in [3.05, 3.63) is 0 Å². The Morgan fingerprint density at radius 3 is 2.12 bits per heavy atom. The van der Waals surface area contributed by atoms with Gasteiger partial charge in [0.15, 0.2) is 0 Å². The molecular weight excluding hydrogens is 202 g/mol. The third-order valence-corrected chi connectivity index (χ3v) is 3.61. The average molecular weight is 231 g/mol. The van der Waals surface area contributed by atoms with Gasteiger partial charge in [0, 0.05) is 32.7 Å². The molecule has 0 amide bonds. The fourth-order valence-electron chi connectivity index (χ4n) is 1.36.